The predicted octanol–water partition coefficient (Wildman–Crippen LogP) is 2.08. The van der Waals surface area contributed by atoms with Gasteiger partial charge in [0.1, 0.15) is 0 Å². The standard InChI is InChI=1S/C15H13ClN4O2S/c16-14-17-6-10(23-14)8-19-5-1-2-11-12(19)18-15(22)20(13(11)21)7-9-3-4-9/h1-2,5-6,9H,3-4,7-8H2. The number of nitrogens with zero attached hydrogens (tertiary/aromatic N) is 4. The van der Waals surface area contributed by atoms with Gasteiger partial charge in [-0.25, -0.2) is 9.78 Å². The molecule has 1 aromatic heterocycles. The fraction of sp³-hybridized carbons (Fsp3) is 0.333. The van der Waals surface area contributed by atoms with Gasteiger partial charge in [-0.3, -0.25) is 9.36 Å². The monoisotopic (exact) mass is 348 g/mol. The van der Waals surface area contributed by atoms with E-state index < -0.39 is 5.69 Å². The molecule has 0 radical (unpaired) electrons. The topological polar surface area (TPSA) is 69.8 Å². The summed E-state index contributed by atoms with van der Waals surface area (Å²) in [5.74, 6) is 0.842. The molecule has 3 aliphatic rings. The molecule has 1 aromatic rings. The minimum Gasteiger partial charge on any atom is -0.327 e. The molecule has 1 aliphatic carbocycles. The van der Waals surface area contributed by atoms with Gasteiger partial charge >= 0.3 is 5.69 Å². The van der Waals surface area contributed by atoms with Gasteiger partial charge in [0.05, 0.1) is 12.1 Å². The molecular weight excluding hydrogens is 336 g/mol. The van der Waals surface area contributed by atoms with Crippen LogP contribution < -0.4 is 11.2 Å². The van der Waals surface area contributed by atoms with Gasteiger partial charge in [0.2, 0.25) is 0 Å². The maximum atomic E-state index is 12.6. The summed E-state index contributed by atoms with van der Waals surface area (Å²) in [5, 5.41) is 0. The Labute approximate surface area is 140 Å². The van der Waals surface area contributed by atoms with E-state index in [4.69, 9.17) is 11.6 Å². The molecule has 1 saturated carbocycles. The Balaban J connectivity index is 1.80. The zero-order chi connectivity index (χ0) is 16.0. The zero-order valence-electron chi connectivity index (χ0n) is 12.1. The van der Waals surface area contributed by atoms with Crippen molar-refractivity contribution < 1.29 is 0 Å². The van der Waals surface area contributed by atoms with Crippen LogP contribution in [0.3, 0.4) is 0 Å². The highest BCUT2D eigenvalue weighted by Gasteiger charge is 2.25. The molecule has 0 unspecified atom stereocenters. The Kier molecular flexibility index (Phi) is 3.54. The molecule has 1 fully saturated rings. The number of hydrogen-bond acceptors (Lipinski definition) is 5. The Morgan fingerprint density at radius 1 is 1.35 bits per heavy atom. The Morgan fingerprint density at radius 3 is 2.87 bits per heavy atom. The van der Waals surface area contributed by atoms with E-state index in [-0.39, 0.29) is 5.56 Å². The van der Waals surface area contributed by atoms with Crippen molar-refractivity contribution in [1.82, 2.24) is 19.1 Å². The molecule has 0 amide bonds. The summed E-state index contributed by atoms with van der Waals surface area (Å²) in [6.07, 6.45) is 5.63. The van der Waals surface area contributed by atoms with Crippen LogP contribution in [0, 0.1) is 5.92 Å². The second-order valence-corrected chi connectivity index (χ2v) is 7.40. The molecule has 0 N–H and O–H groups in total. The Hall–Kier alpha value is -1.99. The van der Waals surface area contributed by atoms with Crippen molar-refractivity contribution in [2.75, 3.05) is 0 Å². The summed E-state index contributed by atoms with van der Waals surface area (Å²) in [4.78, 5) is 33.9. The van der Waals surface area contributed by atoms with Crippen molar-refractivity contribution in [3.05, 3.63) is 54.7 Å². The van der Waals surface area contributed by atoms with E-state index in [9.17, 15) is 9.59 Å². The lowest BCUT2D eigenvalue weighted by molar-refractivity contribution is 0.571. The van der Waals surface area contributed by atoms with Gasteiger partial charge in [0, 0.05) is 23.8 Å². The van der Waals surface area contributed by atoms with E-state index >= 15 is 0 Å². The van der Waals surface area contributed by atoms with Crippen LogP contribution in [0.2, 0.25) is 4.47 Å². The Bertz CT molecular complexity index is 957. The molecule has 0 atom stereocenters. The SMILES string of the molecule is O=c1nc2n(Cc3cnc(Cl)s3)cccc-2c(=O)n1CC1CC1. The maximum Gasteiger partial charge on any atom is 0.352 e. The van der Waals surface area contributed by atoms with Crippen LogP contribution >= 0.6 is 22.9 Å². The quantitative estimate of drug-likeness (QED) is 0.723. The third-order valence-corrected chi connectivity index (χ3v) is 5.04. The number of thiazole rings is 1. The van der Waals surface area contributed by atoms with Crippen LogP contribution in [0.5, 0.6) is 0 Å². The maximum absolute atomic E-state index is 12.6. The lowest BCUT2D eigenvalue weighted by Crippen LogP contribution is -2.38. The van der Waals surface area contributed by atoms with Crippen molar-refractivity contribution in [2.24, 2.45) is 5.92 Å². The lowest BCUT2D eigenvalue weighted by Gasteiger charge is -2.14. The van der Waals surface area contributed by atoms with Crippen LogP contribution in [0.4, 0.5) is 0 Å². The highest BCUT2D eigenvalue weighted by atomic mass is 35.5. The van der Waals surface area contributed by atoms with E-state index in [1.54, 1.807) is 29.1 Å². The van der Waals surface area contributed by atoms with Gasteiger partial charge < -0.3 is 4.57 Å². The van der Waals surface area contributed by atoms with E-state index in [1.807, 2.05) is 0 Å². The number of hydrogen-bond donors (Lipinski definition) is 0. The summed E-state index contributed by atoms with van der Waals surface area (Å²) in [6, 6.07) is 3.50. The molecule has 0 aromatic carbocycles. The summed E-state index contributed by atoms with van der Waals surface area (Å²) in [7, 11) is 0. The normalized spacial score (nSPS) is 14.5. The first-order chi connectivity index (χ1) is 11.1. The van der Waals surface area contributed by atoms with Gasteiger partial charge in [-0.05, 0) is 30.9 Å². The highest BCUT2D eigenvalue weighted by molar-refractivity contribution is 7.15. The summed E-state index contributed by atoms with van der Waals surface area (Å²) >= 11 is 7.21. The third kappa shape index (κ3) is 2.82. The van der Waals surface area contributed by atoms with Gasteiger partial charge in [0.25, 0.3) is 5.56 Å². The molecule has 0 spiro atoms. The number of pyridine rings is 1. The van der Waals surface area contributed by atoms with E-state index in [0.29, 0.717) is 34.9 Å². The zero-order valence-corrected chi connectivity index (χ0v) is 13.7. The fourth-order valence-corrected chi connectivity index (χ4v) is 3.57. The van der Waals surface area contributed by atoms with Crippen molar-refractivity contribution in [1.29, 1.82) is 0 Å². The summed E-state index contributed by atoms with van der Waals surface area (Å²) in [5.41, 5.74) is -0.274. The van der Waals surface area contributed by atoms with Crippen LogP contribution in [-0.4, -0.2) is 19.1 Å². The van der Waals surface area contributed by atoms with Crippen LogP contribution in [0.15, 0.2) is 34.1 Å². The lowest BCUT2D eigenvalue weighted by atomic mass is 10.2. The minimum absolute atomic E-state index is 0.261. The molecule has 118 valence electrons. The molecular formula is C15H13ClN4O2S. The largest absolute Gasteiger partial charge is 0.352 e. The fourth-order valence-electron chi connectivity index (χ4n) is 2.59. The third-order valence-electron chi connectivity index (χ3n) is 3.94. The minimum atomic E-state index is -0.475. The first kappa shape index (κ1) is 14.6. The summed E-state index contributed by atoms with van der Waals surface area (Å²) in [6.45, 7) is 0.945. The van der Waals surface area contributed by atoms with Gasteiger partial charge in [-0.1, -0.05) is 11.6 Å². The second-order valence-electron chi connectivity index (χ2n) is 5.71. The van der Waals surface area contributed by atoms with E-state index in [1.165, 1.54) is 15.9 Å². The molecule has 6 nitrogen and oxygen atoms in total. The van der Waals surface area contributed by atoms with Crippen molar-refractivity contribution in [3.8, 4) is 11.4 Å². The predicted molar refractivity (Wildman–Crippen MR) is 88.3 cm³/mol. The average molecular weight is 349 g/mol. The van der Waals surface area contributed by atoms with Crippen LogP contribution in [0.1, 0.15) is 17.7 Å². The molecule has 23 heavy (non-hydrogen) atoms. The number of aromatic nitrogens is 4. The molecule has 0 saturated heterocycles. The van der Waals surface area contributed by atoms with Gasteiger partial charge in [0.15, 0.2) is 10.3 Å². The number of rotatable bonds is 4. The van der Waals surface area contributed by atoms with Crippen LogP contribution in [0.25, 0.3) is 11.4 Å². The molecule has 2 aliphatic heterocycles. The molecule has 8 heteroatoms. The second kappa shape index (κ2) is 5.58. The summed E-state index contributed by atoms with van der Waals surface area (Å²) < 4.78 is 3.50. The molecule has 3 heterocycles. The Morgan fingerprint density at radius 2 is 2.17 bits per heavy atom. The smallest absolute Gasteiger partial charge is 0.327 e. The van der Waals surface area contributed by atoms with Crippen molar-refractivity contribution >= 4 is 22.9 Å². The van der Waals surface area contributed by atoms with Crippen molar-refractivity contribution in [2.45, 2.75) is 25.9 Å². The highest BCUT2D eigenvalue weighted by Crippen LogP contribution is 2.30. The molecule has 4 rings (SSSR count). The van der Waals surface area contributed by atoms with Crippen LogP contribution in [-0.2, 0) is 13.1 Å². The van der Waals surface area contributed by atoms with Crippen molar-refractivity contribution in [3.63, 3.8) is 0 Å². The number of halogens is 1. The molecule has 0 bridgehead atoms. The number of fused-ring (bicyclic) bond motifs is 1. The van der Waals surface area contributed by atoms with Gasteiger partial charge in [-0.2, -0.15) is 4.98 Å². The first-order valence-electron chi connectivity index (χ1n) is 7.32. The van der Waals surface area contributed by atoms with Gasteiger partial charge in [-0.15, -0.1) is 11.3 Å². The average Bonchev–Trinajstić information content (AvgIpc) is 3.26. The first-order valence-corrected chi connectivity index (χ1v) is 8.51. The van der Waals surface area contributed by atoms with E-state index in [2.05, 4.69) is 9.97 Å². The van der Waals surface area contributed by atoms with E-state index in [0.717, 1.165) is 17.7 Å².